The Kier molecular flexibility index (Phi) is 6.01. The van der Waals surface area contributed by atoms with Crippen LogP contribution in [0.5, 0.6) is 0 Å². The number of halogens is 3. The standard InChI is InChI=1S/C14H22F3N3O3/c1-13(2,3)12(23)20-6-4-5-9(20)11(22)18-7-10(21)19-8-14(15,16)17/h9H,4-8H2,1-3H3,(H,18,22)(H,19,21)/t9-/m0/s1. The Balaban J connectivity index is 2.51. The summed E-state index contributed by atoms with van der Waals surface area (Å²) in [5, 5.41) is 3.95. The molecule has 1 aliphatic heterocycles. The van der Waals surface area contributed by atoms with Crippen LogP contribution in [-0.2, 0) is 14.4 Å². The van der Waals surface area contributed by atoms with Crippen LogP contribution in [0.1, 0.15) is 33.6 Å². The van der Waals surface area contributed by atoms with Crippen LogP contribution in [0.2, 0.25) is 0 Å². The second-order valence-electron chi connectivity index (χ2n) is 6.52. The van der Waals surface area contributed by atoms with E-state index < -0.39 is 42.5 Å². The first-order valence-electron chi connectivity index (χ1n) is 7.34. The van der Waals surface area contributed by atoms with Gasteiger partial charge in [0.2, 0.25) is 17.7 Å². The van der Waals surface area contributed by atoms with Gasteiger partial charge in [0.15, 0.2) is 0 Å². The van der Waals surface area contributed by atoms with Gasteiger partial charge in [-0.1, -0.05) is 20.8 Å². The molecule has 0 aliphatic carbocycles. The molecule has 9 heteroatoms. The SMILES string of the molecule is CC(C)(C)C(=O)N1CCC[C@H]1C(=O)NCC(=O)NCC(F)(F)F. The predicted octanol–water partition coefficient (Wildman–Crippen LogP) is 0.818. The van der Waals surface area contributed by atoms with Crippen molar-refractivity contribution in [1.82, 2.24) is 15.5 Å². The highest BCUT2D eigenvalue weighted by Crippen LogP contribution is 2.25. The molecule has 0 aromatic rings. The number of hydrogen-bond acceptors (Lipinski definition) is 3. The number of amides is 3. The average Bonchev–Trinajstić information content (AvgIpc) is 2.88. The molecular formula is C14H22F3N3O3. The number of hydrogen-bond donors (Lipinski definition) is 2. The van der Waals surface area contributed by atoms with E-state index in [-0.39, 0.29) is 5.91 Å². The zero-order chi connectivity index (χ0) is 17.8. The largest absolute Gasteiger partial charge is 0.405 e. The topological polar surface area (TPSA) is 78.5 Å². The van der Waals surface area contributed by atoms with E-state index in [1.165, 1.54) is 4.90 Å². The van der Waals surface area contributed by atoms with E-state index in [9.17, 15) is 27.6 Å². The summed E-state index contributed by atoms with van der Waals surface area (Å²) < 4.78 is 35.9. The lowest BCUT2D eigenvalue weighted by molar-refractivity contribution is -0.145. The monoisotopic (exact) mass is 337 g/mol. The third kappa shape index (κ3) is 6.07. The molecule has 23 heavy (non-hydrogen) atoms. The fraction of sp³-hybridized carbons (Fsp3) is 0.786. The summed E-state index contributed by atoms with van der Waals surface area (Å²) in [6.45, 7) is 3.69. The fourth-order valence-electron chi connectivity index (χ4n) is 2.26. The molecule has 132 valence electrons. The Hall–Kier alpha value is -1.80. The van der Waals surface area contributed by atoms with Crippen molar-refractivity contribution in [1.29, 1.82) is 0 Å². The van der Waals surface area contributed by atoms with Crippen LogP contribution in [-0.4, -0.2) is 54.5 Å². The Morgan fingerprint density at radius 1 is 1.13 bits per heavy atom. The van der Waals surface area contributed by atoms with E-state index in [1.807, 2.05) is 0 Å². The van der Waals surface area contributed by atoms with Gasteiger partial charge in [0.25, 0.3) is 0 Å². The minimum Gasteiger partial charge on any atom is -0.345 e. The maximum absolute atomic E-state index is 12.3. The van der Waals surface area contributed by atoms with Crippen LogP contribution < -0.4 is 10.6 Å². The van der Waals surface area contributed by atoms with Gasteiger partial charge < -0.3 is 15.5 Å². The van der Waals surface area contributed by atoms with Crippen molar-refractivity contribution in [2.75, 3.05) is 19.6 Å². The van der Waals surface area contributed by atoms with Gasteiger partial charge in [-0.25, -0.2) is 0 Å². The van der Waals surface area contributed by atoms with Crippen LogP contribution >= 0.6 is 0 Å². The first kappa shape index (κ1) is 19.2. The maximum atomic E-state index is 12.3. The van der Waals surface area contributed by atoms with Crippen LogP contribution in [0.4, 0.5) is 13.2 Å². The number of nitrogens with zero attached hydrogens (tertiary/aromatic N) is 1. The number of likely N-dealkylation sites (tertiary alicyclic amines) is 1. The van der Waals surface area contributed by atoms with Crippen molar-refractivity contribution >= 4 is 17.7 Å². The molecular weight excluding hydrogens is 315 g/mol. The lowest BCUT2D eigenvalue weighted by atomic mass is 9.94. The predicted molar refractivity (Wildman–Crippen MR) is 76.3 cm³/mol. The first-order chi connectivity index (χ1) is 10.4. The molecule has 0 bridgehead atoms. The van der Waals surface area contributed by atoms with E-state index >= 15 is 0 Å². The van der Waals surface area contributed by atoms with Crippen LogP contribution in [0, 0.1) is 5.41 Å². The first-order valence-corrected chi connectivity index (χ1v) is 7.34. The average molecular weight is 337 g/mol. The Bertz CT molecular complexity index is 472. The van der Waals surface area contributed by atoms with E-state index in [2.05, 4.69) is 5.32 Å². The van der Waals surface area contributed by atoms with E-state index in [4.69, 9.17) is 0 Å². The molecule has 0 aromatic heterocycles. The third-order valence-corrected chi connectivity index (χ3v) is 3.37. The van der Waals surface area contributed by atoms with Gasteiger partial charge >= 0.3 is 6.18 Å². The van der Waals surface area contributed by atoms with Gasteiger partial charge in [-0.2, -0.15) is 13.2 Å². The molecule has 0 saturated carbocycles. The Morgan fingerprint density at radius 3 is 2.26 bits per heavy atom. The lowest BCUT2D eigenvalue weighted by Crippen LogP contribution is -2.51. The van der Waals surface area contributed by atoms with Crippen LogP contribution in [0.25, 0.3) is 0 Å². The molecule has 1 heterocycles. The number of rotatable bonds is 4. The summed E-state index contributed by atoms with van der Waals surface area (Å²) in [5.74, 6) is -1.62. The summed E-state index contributed by atoms with van der Waals surface area (Å²) >= 11 is 0. The van der Waals surface area contributed by atoms with Crippen molar-refractivity contribution in [2.24, 2.45) is 5.41 Å². The number of nitrogens with one attached hydrogen (secondary N) is 2. The molecule has 0 unspecified atom stereocenters. The summed E-state index contributed by atoms with van der Waals surface area (Å²) in [4.78, 5) is 37.1. The van der Waals surface area contributed by atoms with Crippen molar-refractivity contribution in [3.63, 3.8) is 0 Å². The fourth-order valence-corrected chi connectivity index (χ4v) is 2.26. The van der Waals surface area contributed by atoms with Gasteiger partial charge in [0, 0.05) is 12.0 Å². The highest BCUT2D eigenvalue weighted by Gasteiger charge is 2.38. The van der Waals surface area contributed by atoms with Gasteiger partial charge in [0.1, 0.15) is 12.6 Å². The van der Waals surface area contributed by atoms with Crippen LogP contribution in [0.15, 0.2) is 0 Å². The van der Waals surface area contributed by atoms with Crippen molar-refractivity contribution in [3.05, 3.63) is 0 Å². The molecule has 0 aromatic carbocycles. The third-order valence-electron chi connectivity index (χ3n) is 3.37. The molecule has 1 fully saturated rings. The van der Waals surface area contributed by atoms with Gasteiger partial charge in [-0.05, 0) is 12.8 Å². The number of carbonyl (C=O) groups excluding carboxylic acids is 3. The number of carbonyl (C=O) groups is 3. The molecule has 1 rings (SSSR count). The molecule has 1 atom stereocenters. The van der Waals surface area contributed by atoms with Crippen molar-refractivity contribution in [3.8, 4) is 0 Å². The van der Waals surface area contributed by atoms with Crippen molar-refractivity contribution in [2.45, 2.75) is 45.8 Å². The molecule has 0 radical (unpaired) electrons. The minimum atomic E-state index is -4.50. The molecule has 0 spiro atoms. The zero-order valence-corrected chi connectivity index (χ0v) is 13.4. The normalized spacial score (nSPS) is 18.7. The quantitative estimate of drug-likeness (QED) is 0.797. The Morgan fingerprint density at radius 2 is 1.74 bits per heavy atom. The zero-order valence-electron chi connectivity index (χ0n) is 13.4. The molecule has 3 amide bonds. The molecule has 1 saturated heterocycles. The lowest BCUT2D eigenvalue weighted by Gasteiger charge is -2.30. The molecule has 6 nitrogen and oxygen atoms in total. The van der Waals surface area contributed by atoms with Gasteiger partial charge in [0.05, 0.1) is 6.54 Å². The van der Waals surface area contributed by atoms with E-state index in [1.54, 1.807) is 26.1 Å². The summed E-state index contributed by atoms with van der Waals surface area (Å²) in [5.41, 5.74) is -0.632. The summed E-state index contributed by atoms with van der Waals surface area (Å²) in [6.07, 6.45) is -3.36. The van der Waals surface area contributed by atoms with Gasteiger partial charge in [-0.15, -0.1) is 0 Å². The van der Waals surface area contributed by atoms with E-state index in [0.717, 1.165) is 0 Å². The van der Waals surface area contributed by atoms with Crippen molar-refractivity contribution < 1.29 is 27.6 Å². The molecule has 2 N–H and O–H groups in total. The molecule has 1 aliphatic rings. The highest BCUT2D eigenvalue weighted by molar-refractivity contribution is 5.92. The highest BCUT2D eigenvalue weighted by atomic mass is 19.4. The second kappa shape index (κ2) is 7.18. The van der Waals surface area contributed by atoms with Crippen LogP contribution in [0.3, 0.4) is 0 Å². The Labute approximate surface area is 132 Å². The minimum absolute atomic E-state index is 0.170. The summed E-state index contributed by atoms with van der Waals surface area (Å²) in [7, 11) is 0. The summed E-state index contributed by atoms with van der Waals surface area (Å²) in [6, 6.07) is -0.683. The van der Waals surface area contributed by atoms with E-state index in [0.29, 0.717) is 19.4 Å². The second-order valence-corrected chi connectivity index (χ2v) is 6.52. The number of alkyl halides is 3. The van der Waals surface area contributed by atoms with Gasteiger partial charge in [-0.3, -0.25) is 14.4 Å². The maximum Gasteiger partial charge on any atom is 0.405 e. The smallest absolute Gasteiger partial charge is 0.345 e.